The van der Waals surface area contributed by atoms with E-state index < -0.39 is 6.43 Å². The molecular weight excluding hydrogens is 230 g/mol. The van der Waals surface area contributed by atoms with Crippen molar-refractivity contribution in [2.45, 2.75) is 11.8 Å². The molecule has 0 spiro atoms. The summed E-state index contributed by atoms with van der Waals surface area (Å²) in [4.78, 5) is 3.49. The van der Waals surface area contributed by atoms with Crippen LogP contribution in [0.2, 0.25) is 0 Å². The molecule has 0 saturated heterocycles. The summed E-state index contributed by atoms with van der Waals surface area (Å²) in [5.41, 5.74) is 5.79. The number of nitrogens with zero attached hydrogens (tertiary/aromatic N) is 1. The van der Waals surface area contributed by atoms with Crippen LogP contribution >= 0.6 is 15.9 Å². The summed E-state index contributed by atoms with van der Waals surface area (Å²) < 4.78 is 24.4. The van der Waals surface area contributed by atoms with Crippen molar-refractivity contribution >= 4 is 21.6 Å². The summed E-state index contributed by atoms with van der Waals surface area (Å²) in [5, 5.41) is 0.459. The highest BCUT2D eigenvalue weighted by atomic mass is 79.9. The molecule has 5 heteroatoms. The number of nitrogens with two attached hydrogens (primary N) is 1. The third-order valence-corrected chi connectivity index (χ3v) is 2.07. The Morgan fingerprint density at radius 1 is 1.58 bits per heavy atom. The zero-order valence-electron chi connectivity index (χ0n) is 6.10. The predicted octanol–water partition coefficient (Wildman–Crippen LogP) is 2.50. The summed E-state index contributed by atoms with van der Waals surface area (Å²) >= 11 is 3.14. The average molecular weight is 237 g/mol. The first kappa shape index (κ1) is 9.38. The molecule has 1 aromatic rings. The van der Waals surface area contributed by atoms with Crippen molar-refractivity contribution < 1.29 is 8.78 Å². The number of rotatable bonds is 2. The Balaban J connectivity index is 3.14. The van der Waals surface area contributed by atoms with Crippen LogP contribution < -0.4 is 5.73 Å². The molecule has 1 rings (SSSR count). The minimum Gasteiger partial charge on any atom is -0.397 e. The summed E-state index contributed by atoms with van der Waals surface area (Å²) in [6.07, 6.45) is -1.28. The molecule has 0 radical (unpaired) electrons. The van der Waals surface area contributed by atoms with E-state index in [0.29, 0.717) is 10.9 Å². The van der Waals surface area contributed by atoms with Crippen molar-refractivity contribution in [2.24, 2.45) is 0 Å². The summed E-state index contributed by atoms with van der Waals surface area (Å²) in [6, 6.07) is 1.61. The number of hydrogen-bond donors (Lipinski definition) is 1. The molecule has 12 heavy (non-hydrogen) atoms. The Hall–Kier alpha value is -0.710. The van der Waals surface area contributed by atoms with Gasteiger partial charge in [0.25, 0.3) is 6.43 Å². The van der Waals surface area contributed by atoms with Crippen LogP contribution in [-0.4, -0.2) is 4.98 Å². The molecule has 0 fully saturated rings. The Morgan fingerprint density at radius 2 is 2.25 bits per heavy atom. The van der Waals surface area contributed by atoms with Gasteiger partial charge >= 0.3 is 0 Å². The molecule has 2 nitrogen and oxygen atoms in total. The zero-order valence-corrected chi connectivity index (χ0v) is 7.68. The Labute approximate surface area is 76.9 Å². The number of alkyl halides is 3. The van der Waals surface area contributed by atoms with Crippen molar-refractivity contribution in [3.05, 3.63) is 23.5 Å². The average Bonchev–Trinajstić information content (AvgIpc) is 2.04. The van der Waals surface area contributed by atoms with Gasteiger partial charge in [-0.05, 0) is 11.6 Å². The molecule has 0 amide bonds. The maximum Gasteiger partial charge on any atom is 0.282 e. The SMILES string of the molecule is Nc1c(CBr)ccnc1C(F)F. The van der Waals surface area contributed by atoms with Crippen molar-refractivity contribution in [1.29, 1.82) is 0 Å². The van der Waals surface area contributed by atoms with Gasteiger partial charge in [-0.2, -0.15) is 0 Å². The van der Waals surface area contributed by atoms with E-state index in [0.717, 1.165) is 0 Å². The molecule has 1 heterocycles. The first-order chi connectivity index (χ1) is 5.66. The first-order valence-electron chi connectivity index (χ1n) is 3.24. The van der Waals surface area contributed by atoms with Gasteiger partial charge in [0, 0.05) is 11.5 Å². The molecule has 0 aliphatic rings. The van der Waals surface area contributed by atoms with Crippen LogP contribution in [0, 0.1) is 0 Å². The fourth-order valence-electron chi connectivity index (χ4n) is 0.822. The van der Waals surface area contributed by atoms with E-state index in [1.165, 1.54) is 6.20 Å². The third-order valence-electron chi connectivity index (χ3n) is 1.46. The second-order valence-electron chi connectivity index (χ2n) is 2.20. The smallest absolute Gasteiger partial charge is 0.282 e. The Bertz CT molecular complexity index is 278. The first-order valence-corrected chi connectivity index (χ1v) is 4.36. The molecule has 0 atom stereocenters. The summed E-state index contributed by atoms with van der Waals surface area (Å²) in [6.45, 7) is 0. The van der Waals surface area contributed by atoms with Gasteiger partial charge in [-0.25, -0.2) is 8.78 Å². The number of nitrogen functional groups attached to an aromatic ring is 1. The fraction of sp³-hybridized carbons (Fsp3) is 0.286. The van der Waals surface area contributed by atoms with E-state index in [1.54, 1.807) is 6.07 Å². The molecule has 1 aromatic heterocycles. The molecule has 0 saturated carbocycles. The Kier molecular flexibility index (Phi) is 2.97. The topological polar surface area (TPSA) is 38.9 Å². The molecule has 66 valence electrons. The molecule has 0 aliphatic heterocycles. The standard InChI is InChI=1S/C7H7BrF2N2/c8-3-4-1-2-12-6(5(4)11)7(9)10/h1-2,7H,3,11H2. The lowest BCUT2D eigenvalue weighted by Crippen LogP contribution is -2.01. The Morgan fingerprint density at radius 3 is 2.75 bits per heavy atom. The van der Waals surface area contributed by atoms with E-state index in [9.17, 15) is 8.78 Å². The van der Waals surface area contributed by atoms with Crippen molar-refractivity contribution in [3.63, 3.8) is 0 Å². The van der Waals surface area contributed by atoms with Gasteiger partial charge in [0.2, 0.25) is 0 Å². The number of anilines is 1. The van der Waals surface area contributed by atoms with Gasteiger partial charge in [0.1, 0.15) is 5.69 Å². The summed E-state index contributed by atoms with van der Waals surface area (Å²) in [7, 11) is 0. The van der Waals surface area contributed by atoms with E-state index in [4.69, 9.17) is 5.73 Å². The number of pyridine rings is 1. The zero-order chi connectivity index (χ0) is 9.14. The van der Waals surface area contributed by atoms with Gasteiger partial charge in [-0.15, -0.1) is 0 Å². The highest BCUT2D eigenvalue weighted by Gasteiger charge is 2.14. The van der Waals surface area contributed by atoms with Gasteiger partial charge < -0.3 is 5.73 Å². The predicted molar refractivity (Wildman–Crippen MR) is 46.2 cm³/mol. The molecule has 0 unspecified atom stereocenters. The second kappa shape index (κ2) is 3.80. The van der Waals surface area contributed by atoms with Crippen LogP contribution in [0.5, 0.6) is 0 Å². The van der Waals surface area contributed by atoms with Crippen molar-refractivity contribution in [2.75, 3.05) is 5.73 Å². The van der Waals surface area contributed by atoms with Crippen LogP contribution in [0.15, 0.2) is 12.3 Å². The minimum atomic E-state index is -2.61. The maximum atomic E-state index is 12.2. The van der Waals surface area contributed by atoms with E-state index in [2.05, 4.69) is 20.9 Å². The van der Waals surface area contributed by atoms with Gasteiger partial charge in [-0.3, -0.25) is 4.98 Å². The highest BCUT2D eigenvalue weighted by Crippen LogP contribution is 2.26. The molecule has 2 N–H and O–H groups in total. The number of hydrogen-bond acceptors (Lipinski definition) is 2. The fourth-order valence-corrected chi connectivity index (χ4v) is 1.31. The number of aromatic nitrogens is 1. The van der Waals surface area contributed by atoms with Crippen molar-refractivity contribution in [1.82, 2.24) is 4.98 Å². The van der Waals surface area contributed by atoms with Crippen LogP contribution in [0.3, 0.4) is 0 Å². The van der Waals surface area contributed by atoms with E-state index >= 15 is 0 Å². The molecule has 0 bridgehead atoms. The lowest BCUT2D eigenvalue weighted by molar-refractivity contribution is 0.147. The number of halogens is 3. The van der Waals surface area contributed by atoms with Gasteiger partial charge in [0.15, 0.2) is 0 Å². The second-order valence-corrected chi connectivity index (χ2v) is 2.76. The minimum absolute atomic E-state index is 0.0735. The lowest BCUT2D eigenvalue weighted by Gasteiger charge is -2.06. The molecule has 0 aliphatic carbocycles. The van der Waals surface area contributed by atoms with Crippen LogP contribution in [-0.2, 0) is 5.33 Å². The highest BCUT2D eigenvalue weighted by molar-refractivity contribution is 9.08. The summed E-state index contributed by atoms with van der Waals surface area (Å²) in [5.74, 6) is 0. The lowest BCUT2D eigenvalue weighted by atomic mass is 10.2. The van der Waals surface area contributed by atoms with Gasteiger partial charge in [0.05, 0.1) is 5.69 Å². The maximum absolute atomic E-state index is 12.2. The van der Waals surface area contributed by atoms with E-state index in [1.807, 2.05) is 0 Å². The van der Waals surface area contributed by atoms with Crippen LogP contribution in [0.1, 0.15) is 17.7 Å². The molecule has 0 aromatic carbocycles. The van der Waals surface area contributed by atoms with E-state index in [-0.39, 0.29) is 11.4 Å². The van der Waals surface area contributed by atoms with Gasteiger partial charge in [-0.1, -0.05) is 15.9 Å². The quantitative estimate of drug-likeness (QED) is 0.802. The normalized spacial score (nSPS) is 10.7. The third kappa shape index (κ3) is 1.72. The van der Waals surface area contributed by atoms with Crippen LogP contribution in [0.25, 0.3) is 0 Å². The molecular formula is C7H7BrF2N2. The van der Waals surface area contributed by atoms with Crippen LogP contribution in [0.4, 0.5) is 14.5 Å². The largest absolute Gasteiger partial charge is 0.397 e. The van der Waals surface area contributed by atoms with Crippen molar-refractivity contribution in [3.8, 4) is 0 Å². The monoisotopic (exact) mass is 236 g/mol.